The molecule has 9 heteroatoms. The highest BCUT2D eigenvalue weighted by molar-refractivity contribution is 5.37. The molecule has 198 valence electrons. The van der Waals surface area contributed by atoms with Crippen LogP contribution in [-0.4, -0.2) is 45.5 Å². The monoisotopic (exact) mass is 508 g/mol. The molecule has 3 N–H and O–H groups in total. The topological polar surface area (TPSA) is 60.7 Å². The molecule has 0 unspecified atom stereocenters. The number of hydrogen-bond donors (Lipinski definition) is 3. The predicted octanol–water partition coefficient (Wildman–Crippen LogP) is 5.87. The van der Waals surface area contributed by atoms with Crippen LogP contribution in [0.1, 0.15) is 59.8 Å². The van der Waals surface area contributed by atoms with Gasteiger partial charge in [0.05, 0.1) is 12.2 Å². The van der Waals surface area contributed by atoms with E-state index in [-0.39, 0.29) is 30.1 Å². The van der Waals surface area contributed by atoms with Crippen LogP contribution in [0.5, 0.6) is 0 Å². The first-order chi connectivity index (χ1) is 15.8. The van der Waals surface area contributed by atoms with E-state index in [4.69, 9.17) is 0 Å². The molecule has 0 aromatic heterocycles. The van der Waals surface area contributed by atoms with Crippen LogP contribution in [0.4, 0.5) is 26.3 Å². The summed E-state index contributed by atoms with van der Waals surface area (Å²) in [4.78, 5) is 0. The molecule has 0 aromatic carbocycles. The highest BCUT2D eigenvalue weighted by Gasteiger charge is 2.70. The lowest BCUT2D eigenvalue weighted by Gasteiger charge is -2.45. The summed E-state index contributed by atoms with van der Waals surface area (Å²) in [5.74, 6) is 2.76. The molecule has 0 bridgehead atoms. The SMILES string of the molecule is C=C1C(=CC=C[C@@H]2CC[C@](C)([C@H](C)CC#CC(O)(C(F)(F)F)C(F)(F)F)C2(C)C)C[C@@H](O)C[C@@H]1O. The van der Waals surface area contributed by atoms with Crippen LogP contribution in [0.25, 0.3) is 0 Å². The molecule has 2 rings (SSSR count). The Morgan fingerprint density at radius 3 is 2.23 bits per heavy atom. The maximum Gasteiger partial charge on any atom is 0.438 e. The first-order valence-electron chi connectivity index (χ1n) is 11.6. The Hall–Kier alpha value is -1.76. The van der Waals surface area contributed by atoms with Gasteiger partial charge in [-0.25, -0.2) is 0 Å². The number of allylic oxidation sites excluding steroid dienone is 3. The van der Waals surface area contributed by atoms with Crippen molar-refractivity contribution >= 4 is 0 Å². The van der Waals surface area contributed by atoms with Crippen molar-refractivity contribution < 1.29 is 41.7 Å². The number of halogens is 6. The normalized spacial score (nSPS) is 32.1. The van der Waals surface area contributed by atoms with Crippen LogP contribution in [0.2, 0.25) is 0 Å². The summed E-state index contributed by atoms with van der Waals surface area (Å²) in [6.45, 7) is 11.6. The fourth-order valence-corrected chi connectivity index (χ4v) is 5.20. The summed E-state index contributed by atoms with van der Waals surface area (Å²) >= 11 is 0. The Labute approximate surface area is 202 Å². The fraction of sp³-hybridized carbons (Fsp3) is 0.692. The average Bonchev–Trinajstić information content (AvgIpc) is 2.93. The first-order valence-corrected chi connectivity index (χ1v) is 11.6. The quantitative estimate of drug-likeness (QED) is 0.329. The standard InChI is InChI=1S/C26H34F6O3/c1-16(8-7-12-24(35,25(27,28)29)26(30,31)32)23(5)13-11-19(22(23,3)4)10-6-9-18-14-20(33)15-21(34)17(18)2/h6,9-10,16,19-21,33-35H,2,8,11,13-15H2,1,3-5H3/t16-,19-,20-,21+,23-/m1/s1. The van der Waals surface area contributed by atoms with Gasteiger partial charge in [-0.2, -0.15) is 26.3 Å². The molecule has 2 aliphatic carbocycles. The van der Waals surface area contributed by atoms with Gasteiger partial charge in [-0.15, -0.1) is 0 Å². The molecule has 0 radical (unpaired) electrons. The molecule has 2 fully saturated rings. The Bertz CT molecular complexity index is 904. The third-order valence-corrected chi connectivity index (χ3v) is 8.37. The Morgan fingerprint density at radius 1 is 1.11 bits per heavy atom. The summed E-state index contributed by atoms with van der Waals surface area (Å²) in [6, 6.07) is 0. The smallest absolute Gasteiger partial charge is 0.393 e. The first kappa shape index (κ1) is 29.5. The van der Waals surface area contributed by atoms with Crippen molar-refractivity contribution in [3.63, 3.8) is 0 Å². The van der Waals surface area contributed by atoms with E-state index >= 15 is 0 Å². The zero-order valence-corrected chi connectivity index (χ0v) is 20.4. The molecule has 0 spiro atoms. The van der Waals surface area contributed by atoms with Gasteiger partial charge >= 0.3 is 18.0 Å². The van der Waals surface area contributed by atoms with E-state index in [1.165, 1.54) is 0 Å². The van der Waals surface area contributed by atoms with Crippen molar-refractivity contribution in [2.24, 2.45) is 22.7 Å². The minimum absolute atomic E-state index is 0.0775. The molecular formula is C26H34F6O3. The van der Waals surface area contributed by atoms with Gasteiger partial charge in [0.1, 0.15) is 0 Å². The van der Waals surface area contributed by atoms with Crippen LogP contribution in [0.15, 0.2) is 36.0 Å². The number of aliphatic hydroxyl groups excluding tert-OH is 2. The molecule has 3 nitrogen and oxygen atoms in total. The lowest BCUT2D eigenvalue weighted by atomic mass is 9.59. The summed E-state index contributed by atoms with van der Waals surface area (Å²) in [6.07, 6.45) is -5.82. The molecule has 5 atom stereocenters. The van der Waals surface area contributed by atoms with Gasteiger partial charge in [0.15, 0.2) is 0 Å². The zero-order chi connectivity index (χ0) is 27.0. The van der Waals surface area contributed by atoms with E-state index in [9.17, 15) is 41.7 Å². The van der Waals surface area contributed by atoms with E-state index < -0.39 is 35.6 Å². The van der Waals surface area contributed by atoms with Crippen LogP contribution in [0.3, 0.4) is 0 Å². The highest BCUT2D eigenvalue weighted by atomic mass is 19.4. The van der Waals surface area contributed by atoms with Crippen molar-refractivity contribution in [2.45, 2.75) is 90.0 Å². The van der Waals surface area contributed by atoms with Gasteiger partial charge in [0.2, 0.25) is 0 Å². The molecule has 0 saturated heterocycles. The van der Waals surface area contributed by atoms with Gasteiger partial charge < -0.3 is 15.3 Å². The molecule has 0 aromatic rings. The van der Waals surface area contributed by atoms with Crippen molar-refractivity contribution in [1.82, 2.24) is 0 Å². The minimum atomic E-state index is -5.96. The maximum absolute atomic E-state index is 12.9. The lowest BCUT2D eigenvalue weighted by Crippen LogP contribution is -2.55. The van der Waals surface area contributed by atoms with Crippen LogP contribution < -0.4 is 0 Å². The summed E-state index contributed by atoms with van der Waals surface area (Å²) < 4.78 is 77.3. The van der Waals surface area contributed by atoms with Crippen molar-refractivity contribution in [3.8, 4) is 11.8 Å². The maximum atomic E-state index is 12.9. The van der Waals surface area contributed by atoms with Gasteiger partial charge in [0.25, 0.3) is 0 Å². The summed E-state index contributed by atoms with van der Waals surface area (Å²) in [5.41, 5.74) is -4.51. The van der Waals surface area contributed by atoms with Crippen LogP contribution in [-0.2, 0) is 0 Å². The summed E-state index contributed by atoms with van der Waals surface area (Å²) in [7, 11) is 0. The lowest BCUT2D eigenvalue weighted by molar-refractivity contribution is -0.343. The zero-order valence-electron chi connectivity index (χ0n) is 20.4. The van der Waals surface area contributed by atoms with E-state index in [1.54, 1.807) is 6.92 Å². The number of aliphatic hydroxyl groups is 3. The molecule has 0 heterocycles. The van der Waals surface area contributed by atoms with E-state index in [2.05, 4.69) is 6.58 Å². The Balaban J connectivity index is 2.18. The average molecular weight is 509 g/mol. The fourth-order valence-electron chi connectivity index (χ4n) is 5.20. The second-order valence-electron chi connectivity index (χ2n) is 10.6. The van der Waals surface area contributed by atoms with Crippen molar-refractivity contribution in [1.29, 1.82) is 0 Å². The highest BCUT2D eigenvalue weighted by Crippen LogP contribution is 2.60. The number of rotatable bonds is 4. The van der Waals surface area contributed by atoms with Crippen LogP contribution in [0, 0.1) is 34.5 Å². The minimum Gasteiger partial charge on any atom is -0.393 e. The molecule has 2 saturated carbocycles. The molecule has 0 amide bonds. The Kier molecular flexibility index (Phi) is 8.38. The largest absolute Gasteiger partial charge is 0.438 e. The third-order valence-electron chi connectivity index (χ3n) is 8.37. The van der Waals surface area contributed by atoms with Crippen molar-refractivity contribution in [2.75, 3.05) is 0 Å². The van der Waals surface area contributed by atoms with Crippen molar-refractivity contribution in [3.05, 3.63) is 36.0 Å². The predicted molar refractivity (Wildman–Crippen MR) is 121 cm³/mol. The Morgan fingerprint density at radius 2 is 1.69 bits per heavy atom. The summed E-state index contributed by atoms with van der Waals surface area (Å²) in [5, 5.41) is 29.1. The molecule has 0 aliphatic heterocycles. The van der Waals surface area contributed by atoms with E-state index in [0.29, 0.717) is 18.4 Å². The van der Waals surface area contributed by atoms with Gasteiger partial charge in [0, 0.05) is 12.8 Å². The van der Waals surface area contributed by atoms with E-state index in [0.717, 1.165) is 17.9 Å². The van der Waals surface area contributed by atoms with Gasteiger partial charge in [-0.1, -0.05) is 58.4 Å². The molecule has 2 aliphatic rings. The van der Waals surface area contributed by atoms with Crippen LogP contribution >= 0.6 is 0 Å². The molecular weight excluding hydrogens is 474 g/mol. The van der Waals surface area contributed by atoms with E-state index in [1.807, 2.05) is 44.9 Å². The number of alkyl halides is 6. The van der Waals surface area contributed by atoms with Gasteiger partial charge in [-0.3, -0.25) is 0 Å². The number of hydrogen-bond acceptors (Lipinski definition) is 3. The third kappa shape index (κ3) is 5.65. The second kappa shape index (κ2) is 9.95. The molecule has 35 heavy (non-hydrogen) atoms. The second-order valence-corrected chi connectivity index (χ2v) is 10.6. The van der Waals surface area contributed by atoms with Gasteiger partial charge in [-0.05, 0) is 59.0 Å².